The Kier molecular flexibility index (Phi) is 3.30. The third-order valence-electron chi connectivity index (χ3n) is 3.74. The molecule has 4 nitrogen and oxygen atoms in total. The van der Waals surface area contributed by atoms with E-state index in [4.69, 9.17) is 5.73 Å². The van der Waals surface area contributed by atoms with Gasteiger partial charge in [0.15, 0.2) is 0 Å². The first-order valence-electron chi connectivity index (χ1n) is 6.26. The summed E-state index contributed by atoms with van der Waals surface area (Å²) < 4.78 is 0. The largest absolute Gasteiger partial charge is 0.399 e. The molecule has 2 rings (SSSR count). The van der Waals surface area contributed by atoms with Crippen LogP contribution in [0.5, 0.6) is 0 Å². The second-order valence-electron chi connectivity index (χ2n) is 5.59. The number of hydrogen-bond acceptors (Lipinski definition) is 3. The Morgan fingerprint density at radius 1 is 1.33 bits per heavy atom. The molecule has 1 aromatic rings. The summed E-state index contributed by atoms with van der Waals surface area (Å²) in [4.78, 5) is 16.6. The lowest BCUT2D eigenvalue weighted by Gasteiger charge is -2.45. The van der Waals surface area contributed by atoms with E-state index in [1.807, 2.05) is 17.0 Å². The number of carbonyl (C=O) groups excluding carboxylic acids is 1. The molecular weight excluding hydrogens is 226 g/mol. The normalized spacial score (nSPS) is 19.8. The van der Waals surface area contributed by atoms with Crippen LogP contribution in [0.2, 0.25) is 0 Å². The minimum absolute atomic E-state index is 0.0221. The lowest BCUT2D eigenvalue weighted by Crippen LogP contribution is -2.58. The first-order valence-corrected chi connectivity index (χ1v) is 6.26. The van der Waals surface area contributed by atoms with Crippen molar-refractivity contribution in [3.63, 3.8) is 0 Å². The van der Waals surface area contributed by atoms with Crippen molar-refractivity contribution in [1.29, 1.82) is 0 Å². The lowest BCUT2D eigenvalue weighted by atomic mass is 9.99. The number of carbonyl (C=O) groups is 1. The number of amides is 1. The van der Waals surface area contributed by atoms with Crippen LogP contribution in [0, 0.1) is 0 Å². The molecule has 4 heteroatoms. The highest BCUT2D eigenvalue weighted by molar-refractivity contribution is 5.95. The zero-order chi connectivity index (χ0) is 13.3. The first kappa shape index (κ1) is 12.9. The van der Waals surface area contributed by atoms with Crippen molar-refractivity contribution in [1.82, 2.24) is 9.80 Å². The van der Waals surface area contributed by atoms with Crippen molar-refractivity contribution in [2.24, 2.45) is 0 Å². The fourth-order valence-electron chi connectivity index (χ4n) is 2.27. The first-order chi connectivity index (χ1) is 8.40. The van der Waals surface area contributed by atoms with Crippen LogP contribution in [-0.4, -0.2) is 47.9 Å². The lowest BCUT2D eigenvalue weighted by molar-refractivity contribution is 0.0311. The van der Waals surface area contributed by atoms with Crippen LogP contribution in [0.1, 0.15) is 24.2 Å². The predicted molar refractivity (Wildman–Crippen MR) is 73.5 cm³/mol. The predicted octanol–water partition coefficient (Wildman–Crippen LogP) is 1.43. The number of piperazine rings is 1. The van der Waals surface area contributed by atoms with E-state index in [9.17, 15) is 4.79 Å². The molecule has 1 aromatic carbocycles. The second-order valence-corrected chi connectivity index (χ2v) is 5.59. The van der Waals surface area contributed by atoms with Crippen LogP contribution in [0.4, 0.5) is 5.69 Å². The van der Waals surface area contributed by atoms with Crippen LogP contribution < -0.4 is 5.73 Å². The summed E-state index contributed by atoms with van der Waals surface area (Å²) in [6.07, 6.45) is 0. The van der Waals surface area contributed by atoms with Gasteiger partial charge in [-0.3, -0.25) is 9.69 Å². The number of anilines is 1. The highest BCUT2D eigenvalue weighted by Crippen LogP contribution is 2.20. The van der Waals surface area contributed by atoms with Gasteiger partial charge in [0.25, 0.3) is 5.91 Å². The van der Waals surface area contributed by atoms with Gasteiger partial charge in [0.2, 0.25) is 0 Å². The summed E-state index contributed by atoms with van der Waals surface area (Å²) in [6.45, 7) is 6.74. The summed E-state index contributed by atoms with van der Waals surface area (Å²) in [7, 11) is 2.10. The zero-order valence-electron chi connectivity index (χ0n) is 11.3. The van der Waals surface area contributed by atoms with E-state index < -0.39 is 0 Å². The number of nitrogen functional groups attached to an aromatic ring is 1. The number of rotatable bonds is 1. The van der Waals surface area contributed by atoms with E-state index in [1.165, 1.54) is 0 Å². The van der Waals surface area contributed by atoms with Gasteiger partial charge in [0.1, 0.15) is 0 Å². The van der Waals surface area contributed by atoms with Gasteiger partial charge in [-0.15, -0.1) is 0 Å². The van der Waals surface area contributed by atoms with Crippen LogP contribution in [0.25, 0.3) is 0 Å². The maximum absolute atomic E-state index is 12.4. The molecule has 1 heterocycles. The van der Waals surface area contributed by atoms with Crippen molar-refractivity contribution in [3.8, 4) is 0 Å². The average Bonchev–Trinajstić information content (AvgIpc) is 2.31. The SMILES string of the molecule is CN1CCN(C(=O)c2cccc(N)c2)CC1(C)C. The topological polar surface area (TPSA) is 49.6 Å². The van der Waals surface area contributed by atoms with Crippen molar-refractivity contribution >= 4 is 11.6 Å². The fourth-order valence-corrected chi connectivity index (χ4v) is 2.27. The van der Waals surface area contributed by atoms with Crippen molar-refractivity contribution in [2.45, 2.75) is 19.4 Å². The van der Waals surface area contributed by atoms with E-state index in [0.29, 0.717) is 11.3 Å². The fraction of sp³-hybridized carbons (Fsp3) is 0.500. The monoisotopic (exact) mass is 247 g/mol. The molecule has 0 radical (unpaired) electrons. The molecule has 2 N–H and O–H groups in total. The standard InChI is InChI=1S/C14H21N3O/c1-14(2)10-17(8-7-16(14)3)13(18)11-5-4-6-12(15)9-11/h4-6,9H,7-8,10,15H2,1-3H3. The maximum Gasteiger partial charge on any atom is 0.254 e. The molecule has 0 saturated carbocycles. The molecule has 1 amide bonds. The summed E-state index contributed by atoms with van der Waals surface area (Å²) in [5.74, 6) is 0.0727. The number of nitrogens with two attached hydrogens (primary N) is 1. The molecule has 98 valence electrons. The Morgan fingerprint density at radius 3 is 2.67 bits per heavy atom. The van der Waals surface area contributed by atoms with Gasteiger partial charge in [0, 0.05) is 36.4 Å². The van der Waals surface area contributed by atoms with Gasteiger partial charge in [0.05, 0.1) is 0 Å². The molecule has 1 aliphatic rings. The highest BCUT2D eigenvalue weighted by Gasteiger charge is 2.33. The molecule has 0 aliphatic carbocycles. The van der Waals surface area contributed by atoms with Crippen molar-refractivity contribution in [3.05, 3.63) is 29.8 Å². The zero-order valence-corrected chi connectivity index (χ0v) is 11.3. The summed E-state index contributed by atoms with van der Waals surface area (Å²) >= 11 is 0. The Morgan fingerprint density at radius 2 is 2.06 bits per heavy atom. The van der Waals surface area contributed by atoms with Crippen molar-refractivity contribution < 1.29 is 4.79 Å². The van der Waals surface area contributed by atoms with E-state index in [-0.39, 0.29) is 11.4 Å². The molecule has 1 fully saturated rings. The number of nitrogens with zero attached hydrogens (tertiary/aromatic N) is 2. The minimum Gasteiger partial charge on any atom is -0.399 e. The summed E-state index contributed by atoms with van der Waals surface area (Å²) in [5, 5.41) is 0. The molecular formula is C14H21N3O. The highest BCUT2D eigenvalue weighted by atomic mass is 16.2. The van der Waals surface area contributed by atoms with Gasteiger partial charge >= 0.3 is 0 Å². The molecule has 0 bridgehead atoms. The van der Waals surface area contributed by atoms with E-state index in [1.54, 1.807) is 12.1 Å². The van der Waals surface area contributed by atoms with Gasteiger partial charge < -0.3 is 10.6 Å². The molecule has 1 aliphatic heterocycles. The van der Waals surface area contributed by atoms with E-state index in [2.05, 4.69) is 25.8 Å². The van der Waals surface area contributed by atoms with Crippen LogP contribution in [0.15, 0.2) is 24.3 Å². The van der Waals surface area contributed by atoms with Crippen molar-refractivity contribution in [2.75, 3.05) is 32.4 Å². The van der Waals surface area contributed by atoms with Gasteiger partial charge in [-0.05, 0) is 39.1 Å². The maximum atomic E-state index is 12.4. The summed E-state index contributed by atoms with van der Waals surface area (Å²) in [5.41, 5.74) is 7.05. The average molecular weight is 247 g/mol. The molecule has 1 saturated heterocycles. The van der Waals surface area contributed by atoms with Crippen LogP contribution >= 0.6 is 0 Å². The Bertz CT molecular complexity index is 456. The molecule has 0 aromatic heterocycles. The number of likely N-dealkylation sites (N-methyl/N-ethyl adjacent to an activating group) is 1. The Balaban J connectivity index is 2.15. The second kappa shape index (κ2) is 4.61. The molecule has 0 atom stereocenters. The Hall–Kier alpha value is -1.55. The van der Waals surface area contributed by atoms with Crippen LogP contribution in [0.3, 0.4) is 0 Å². The van der Waals surface area contributed by atoms with Crippen LogP contribution in [-0.2, 0) is 0 Å². The smallest absolute Gasteiger partial charge is 0.254 e. The summed E-state index contributed by atoms with van der Waals surface area (Å²) in [6, 6.07) is 7.19. The minimum atomic E-state index is 0.0221. The van der Waals surface area contributed by atoms with Gasteiger partial charge in [-0.2, -0.15) is 0 Å². The molecule has 18 heavy (non-hydrogen) atoms. The quantitative estimate of drug-likeness (QED) is 0.764. The Labute approximate surface area is 108 Å². The molecule has 0 unspecified atom stereocenters. The van der Waals surface area contributed by atoms with Gasteiger partial charge in [-0.1, -0.05) is 6.07 Å². The van der Waals surface area contributed by atoms with E-state index >= 15 is 0 Å². The third-order valence-corrected chi connectivity index (χ3v) is 3.74. The molecule has 0 spiro atoms. The van der Waals surface area contributed by atoms with Gasteiger partial charge in [-0.25, -0.2) is 0 Å². The number of benzene rings is 1. The van der Waals surface area contributed by atoms with E-state index in [0.717, 1.165) is 19.6 Å². The third kappa shape index (κ3) is 2.48. The number of hydrogen-bond donors (Lipinski definition) is 1.